The first-order valence-electron chi connectivity index (χ1n) is 10.5. The van der Waals surface area contributed by atoms with Crippen LogP contribution in [-0.4, -0.2) is 65.6 Å². The second-order valence-electron chi connectivity index (χ2n) is 7.58. The van der Waals surface area contributed by atoms with E-state index in [9.17, 15) is 19.2 Å². The zero-order chi connectivity index (χ0) is 24.1. The van der Waals surface area contributed by atoms with Crippen LogP contribution in [-0.2, 0) is 30.5 Å². The van der Waals surface area contributed by atoms with Crippen molar-refractivity contribution >= 4 is 35.5 Å². The number of rotatable bonds is 8. The summed E-state index contributed by atoms with van der Waals surface area (Å²) >= 11 is 1.28. The molecule has 4 rings (SSSR count). The van der Waals surface area contributed by atoms with Gasteiger partial charge in [0.15, 0.2) is 12.6 Å². The molecule has 2 aromatic carbocycles. The topological polar surface area (TPSA) is 111 Å². The van der Waals surface area contributed by atoms with Gasteiger partial charge in [-0.25, -0.2) is 9.59 Å². The van der Waals surface area contributed by atoms with Crippen LogP contribution in [0.3, 0.4) is 0 Å². The van der Waals surface area contributed by atoms with Gasteiger partial charge in [-0.15, -0.1) is 11.8 Å². The van der Waals surface area contributed by atoms with Crippen molar-refractivity contribution in [3.8, 4) is 11.5 Å². The molecule has 1 N–H and O–H groups in total. The van der Waals surface area contributed by atoms with E-state index in [1.807, 2.05) is 6.07 Å². The van der Waals surface area contributed by atoms with Crippen molar-refractivity contribution in [2.45, 2.75) is 24.1 Å². The van der Waals surface area contributed by atoms with Crippen molar-refractivity contribution in [3.63, 3.8) is 0 Å². The summed E-state index contributed by atoms with van der Waals surface area (Å²) in [5.74, 6) is 1.53. The maximum Gasteiger partial charge on any atom is 0.334 e. The van der Waals surface area contributed by atoms with Gasteiger partial charge in [-0.1, -0.05) is 30.3 Å². The number of nitrogens with one attached hydrogen (secondary N) is 1. The van der Waals surface area contributed by atoms with Gasteiger partial charge in [0.2, 0.25) is 5.91 Å². The van der Waals surface area contributed by atoms with Crippen molar-refractivity contribution in [3.05, 3.63) is 65.7 Å². The second-order valence-corrected chi connectivity index (χ2v) is 8.68. The van der Waals surface area contributed by atoms with Crippen molar-refractivity contribution in [1.82, 2.24) is 10.2 Å². The maximum atomic E-state index is 12.8. The SMILES string of the molecule is COc1ccc(COC(=O)C2C(=C=O)CS[C@@H]3C(NC(=O)COc4ccccc4)C(=O)N23)cc1. The van der Waals surface area contributed by atoms with Crippen LogP contribution in [0.2, 0.25) is 0 Å². The molecule has 0 aromatic heterocycles. The highest BCUT2D eigenvalue weighted by atomic mass is 32.2. The van der Waals surface area contributed by atoms with Crippen molar-refractivity contribution in [2.75, 3.05) is 19.5 Å². The molecule has 2 amide bonds. The largest absolute Gasteiger partial charge is 0.497 e. The predicted octanol–water partition coefficient (Wildman–Crippen LogP) is 1.34. The Labute approximate surface area is 200 Å². The summed E-state index contributed by atoms with van der Waals surface area (Å²) in [5, 5.41) is 2.15. The number of ether oxygens (including phenoxy) is 3. The Bertz CT molecular complexity index is 1120. The van der Waals surface area contributed by atoms with Gasteiger partial charge in [-0.2, -0.15) is 0 Å². The smallest absolute Gasteiger partial charge is 0.334 e. The Morgan fingerprint density at radius 3 is 2.53 bits per heavy atom. The minimum absolute atomic E-state index is 0.0255. The fraction of sp³-hybridized carbons (Fsp3) is 0.292. The number of β-lactam (4-membered cyclic amide) rings is 1. The highest BCUT2D eigenvalue weighted by Gasteiger charge is 2.57. The number of amides is 2. The maximum absolute atomic E-state index is 12.8. The van der Waals surface area contributed by atoms with Crippen molar-refractivity contribution in [1.29, 1.82) is 0 Å². The van der Waals surface area contributed by atoms with Crippen LogP contribution in [0, 0.1) is 0 Å². The molecule has 0 bridgehead atoms. The molecular weight excluding hydrogens is 460 g/mol. The van der Waals surface area contributed by atoms with Gasteiger partial charge in [-0.05, 0) is 29.8 Å². The Balaban J connectivity index is 1.36. The summed E-state index contributed by atoms with van der Waals surface area (Å²) in [4.78, 5) is 50.7. The lowest BCUT2D eigenvalue weighted by Gasteiger charge is -2.52. The number of hydrogen-bond donors (Lipinski definition) is 1. The molecule has 2 heterocycles. The standard InChI is InChI=1S/C24H22N2O7S/c1-31-17-9-7-15(8-10-17)12-33-24(30)21-16(11-27)14-34-23-20(22(29)26(21)23)25-19(28)13-32-18-5-3-2-4-6-18/h2-10,20-21,23H,12-14H2,1H3,(H,25,28)/t20?,21?,23-/m1/s1. The lowest BCUT2D eigenvalue weighted by atomic mass is 9.98. The first-order chi connectivity index (χ1) is 16.5. The fourth-order valence-electron chi connectivity index (χ4n) is 3.67. The molecule has 9 nitrogen and oxygen atoms in total. The van der Waals surface area contributed by atoms with Crippen molar-refractivity contribution in [2.24, 2.45) is 0 Å². The van der Waals surface area contributed by atoms with Crippen LogP contribution in [0.25, 0.3) is 0 Å². The van der Waals surface area contributed by atoms with E-state index in [1.54, 1.807) is 61.6 Å². The third kappa shape index (κ3) is 4.93. The lowest BCUT2D eigenvalue weighted by molar-refractivity contribution is -0.164. The minimum atomic E-state index is -1.16. The first kappa shape index (κ1) is 23.4. The van der Waals surface area contributed by atoms with Crippen LogP contribution in [0.4, 0.5) is 0 Å². The second kappa shape index (κ2) is 10.5. The Hall–Kier alpha value is -3.75. The van der Waals surface area contributed by atoms with Crippen LogP contribution >= 0.6 is 11.8 Å². The first-order valence-corrected chi connectivity index (χ1v) is 11.5. The molecule has 2 aliphatic rings. The minimum Gasteiger partial charge on any atom is -0.497 e. The molecule has 34 heavy (non-hydrogen) atoms. The monoisotopic (exact) mass is 482 g/mol. The zero-order valence-electron chi connectivity index (χ0n) is 18.3. The van der Waals surface area contributed by atoms with Crippen molar-refractivity contribution < 1.29 is 33.4 Å². The molecule has 0 spiro atoms. The average Bonchev–Trinajstić information content (AvgIpc) is 2.89. The third-order valence-corrected chi connectivity index (χ3v) is 6.74. The Kier molecular flexibility index (Phi) is 7.20. The quantitative estimate of drug-likeness (QED) is 0.341. The number of para-hydroxylation sites is 1. The summed E-state index contributed by atoms with van der Waals surface area (Å²) in [7, 11) is 1.55. The summed E-state index contributed by atoms with van der Waals surface area (Å²) in [6.07, 6.45) is 0. The molecule has 2 aromatic rings. The summed E-state index contributed by atoms with van der Waals surface area (Å²) in [6.45, 7) is -0.277. The normalized spacial score (nSPS) is 21.0. The number of hydrogen-bond acceptors (Lipinski definition) is 8. The lowest BCUT2D eigenvalue weighted by Crippen LogP contribution is -2.75. The van der Waals surface area contributed by atoms with Crippen LogP contribution in [0.5, 0.6) is 11.5 Å². The summed E-state index contributed by atoms with van der Waals surface area (Å²) in [6, 6.07) is 13.8. The van der Waals surface area contributed by atoms with Gasteiger partial charge in [0, 0.05) is 5.75 Å². The molecule has 2 saturated heterocycles. The van der Waals surface area contributed by atoms with Gasteiger partial charge >= 0.3 is 5.97 Å². The molecular formula is C24H22N2O7S. The van der Waals surface area contributed by atoms with E-state index >= 15 is 0 Å². The number of esters is 1. The van der Waals surface area contributed by atoms with Crippen LogP contribution < -0.4 is 14.8 Å². The van der Waals surface area contributed by atoms with Gasteiger partial charge in [-0.3, -0.25) is 9.59 Å². The Morgan fingerprint density at radius 1 is 1.12 bits per heavy atom. The van der Waals surface area contributed by atoms with E-state index in [-0.39, 0.29) is 24.5 Å². The molecule has 0 radical (unpaired) electrons. The molecule has 176 valence electrons. The fourth-order valence-corrected chi connectivity index (χ4v) is 5.00. The van der Waals surface area contributed by atoms with Crippen LogP contribution in [0.15, 0.2) is 60.2 Å². The van der Waals surface area contributed by atoms with E-state index in [4.69, 9.17) is 14.2 Å². The van der Waals surface area contributed by atoms with E-state index in [0.717, 1.165) is 5.56 Å². The van der Waals surface area contributed by atoms with Crippen LogP contribution in [0.1, 0.15) is 5.56 Å². The number of thioether (sulfide) groups is 1. The van der Waals surface area contributed by atoms with E-state index in [0.29, 0.717) is 11.5 Å². The molecule has 2 fully saturated rings. The molecule has 3 atom stereocenters. The number of methoxy groups -OCH3 is 1. The van der Waals surface area contributed by atoms with Gasteiger partial charge < -0.3 is 24.4 Å². The van der Waals surface area contributed by atoms with E-state index < -0.39 is 35.2 Å². The number of carbonyl (C=O) groups excluding carboxylic acids is 4. The predicted molar refractivity (Wildman–Crippen MR) is 123 cm³/mol. The molecule has 10 heteroatoms. The number of fused-ring (bicyclic) bond motifs is 1. The summed E-state index contributed by atoms with van der Waals surface area (Å²) in [5.41, 5.74) is 0.859. The molecule has 0 saturated carbocycles. The zero-order valence-corrected chi connectivity index (χ0v) is 19.1. The van der Waals surface area contributed by atoms with E-state index in [1.165, 1.54) is 16.7 Å². The highest BCUT2D eigenvalue weighted by Crippen LogP contribution is 2.40. The average molecular weight is 483 g/mol. The summed E-state index contributed by atoms with van der Waals surface area (Å²) < 4.78 is 15.9. The van der Waals surface area contributed by atoms with Gasteiger partial charge in [0.05, 0.1) is 12.7 Å². The molecule has 2 unspecified atom stereocenters. The molecule has 0 aliphatic carbocycles. The number of nitrogens with zero attached hydrogens (tertiary/aromatic N) is 1. The highest BCUT2D eigenvalue weighted by molar-refractivity contribution is 8.00. The number of carbonyl (C=O) groups is 3. The van der Waals surface area contributed by atoms with Gasteiger partial charge in [0.1, 0.15) is 35.5 Å². The van der Waals surface area contributed by atoms with Gasteiger partial charge in [0.25, 0.3) is 5.91 Å². The Morgan fingerprint density at radius 2 is 1.85 bits per heavy atom. The molecule has 2 aliphatic heterocycles. The number of benzene rings is 2. The third-order valence-electron chi connectivity index (χ3n) is 5.42. The van der Waals surface area contributed by atoms with E-state index in [2.05, 4.69) is 5.32 Å².